The van der Waals surface area contributed by atoms with E-state index in [0.29, 0.717) is 0 Å². The van der Waals surface area contributed by atoms with E-state index in [1.165, 1.54) is 32.2 Å². The highest BCUT2D eigenvalue weighted by Gasteiger charge is 2.27. The van der Waals surface area contributed by atoms with Crippen LogP contribution in [0.1, 0.15) is 27.7 Å². The van der Waals surface area contributed by atoms with E-state index >= 15 is 0 Å². The fourth-order valence-electron chi connectivity index (χ4n) is 1.69. The summed E-state index contributed by atoms with van der Waals surface area (Å²) in [6, 6.07) is 3.32. The number of methoxy groups -OCH3 is 1. The standard InChI is InChI=1S/C14H21ClN2O4S/c1-9(13(18)16-14(2,3)4)17-22(19,20)12-8-10(15)6-7-11(12)21-5/h6-9,17H,1-5H3,(H,16,18)/t9-/m0/s1. The molecule has 0 saturated carbocycles. The van der Waals surface area contributed by atoms with Crippen LogP contribution in [0.4, 0.5) is 0 Å². The monoisotopic (exact) mass is 348 g/mol. The van der Waals surface area contributed by atoms with Crippen molar-refractivity contribution in [1.82, 2.24) is 10.0 Å². The van der Waals surface area contributed by atoms with Crippen LogP contribution < -0.4 is 14.8 Å². The summed E-state index contributed by atoms with van der Waals surface area (Å²) in [7, 11) is -2.59. The molecule has 6 nitrogen and oxygen atoms in total. The van der Waals surface area contributed by atoms with Crippen LogP contribution in [0.25, 0.3) is 0 Å². The van der Waals surface area contributed by atoms with Gasteiger partial charge in [0.15, 0.2) is 0 Å². The van der Waals surface area contributed by atoms with Crippen molar-refractivity contribution in [2.75, 3.05) is 7.11 Å². The normalized spacial score (nSPS) is 13.5. The zero-order valence-electron chi connectivity index (χ0n) is 13.2. The van der Waals surface area contributed by atoms with Crippen molar-refractivity contribution in [1.29, 1.82) is 0 Å². The van der Waals surface area contributed by atoms with E-state index in [9.17, 15) is 13.2 Å². The van der Waals surface area contributed by atoms with Crippen molar-refractivity contribution in [2.24, 2.45) is 0 Å². The summed E-state index contributed by atoms with van der Waals surface area (Å²) in [5.74, 6) is -0.266. The molecule has 0 aliphatic heterocycles. The smallest absolute Gasteiger partial charge is 0.245 e. The molecule has 0 heterocycles. The van der Waals surface area contributed by atoms with Gasteiger partial charge in [0.25, 0.3) is 0 Å². The molecule has 124 valence electrons. The molecule has 0 aliphatic rings. The van der Waals surface area contributed by atoms with Gasteiger partial charge in [0, 0.05) is 10.6 Å². The zero-order valence-corrected chi connectivity index (χ0v) is 14.8. The largest absolute Gasteiger partial charge is 0.495 e. The van der Waals surface area contributed by atoms with Crippen LogP contribution in [-0.2, 0) is 14.8 Å². The third kappa shape index (κ3) is 5.15. The lowest BCUT2D eigenvalue weighted by molar-refractivity contribution is -0.123. The maximum atomic E-state index is 12.4. The molecule has 0 bridgehead atoms. The highest BCUT2D eigenvalue weighted by atomic mass is 35.5. The molecule has 0 aliphatic carbocycles. The van der Waals surface area contributed by atoms with Crippen molar-refractivity contribution in [3.63, 3.8) is 0 Å². The van der Waals surface area contributed by atoms with Gasteiger partial charge in [-0.1, -0.05) is 11.6 Å². The summed E-state index contributed by atoms with van der Waals surface area (Å²) in [5, 5.41) is 2.97. The van der Waals surface area contributed by atoms with Gasteiger partial charge in [-0.2, -0.15) is 4.72 Å². The van der Waals surface area contributed by atoms with Crippen molar-refractivity contribution >= 4 is 27.5 Å². The predicted molar refractivity (Wildman–Crippen MR) is 85.7 cm³/mol. The number of sulfonamides is 1. The lowest BCUT2D eigenvalue weighted by Gasteiger charge is -2.23. The van der Waals surface area contributed by atoms with Crippen molar-refractivity contribution in [2.45, 2.75) is 44.2 Å². The average Bonchev–Trinajstić information content (AvgIpc) is 2.36. The third-order valence-corrected chi connectivity index (χ3v) is 4.44. The molecular weight excluding hydrogens is 328 g/mol. The number of ether oxygens (including phenoxy) is 1. The Kier molecular flexibility index (Phi) is 5.83. The lowest BCUT2D eigenvalue weighted by Crippen LogP contribution is -2.50. The van der Waals surface area contributed by atoms with Gasteiger partial charge in [0.05, 0.1) is 13.2 Å². The number of nitrogens with one attached hydrogen (secondary N) is 2. The van der Waals surface area contributed by atoms with Crippen molar-refractivity contribution < 1.29 is 17.9 Å². The number of benzene rings is 1. The summed E-state index contributed by atoms with van der Waals surface area (Å²) in [5.41, 5.74) is -0.454. The topological polar surface area (TPSA) is 84.5 Å². The van der Waals surface area contributed by atoms with Gasteiger partial charge < -0.3 is 10.1 Å². The molecule has 2 N–H and O–H groups in total. The highest BCUT2D eigenvalue weighted by Crippen LogP contribution is 2.27. The Morgan fingerprint density at radius 3 is 2.41 bits per heavy atom. The van der Waals surface area contributed by atoms with E-state index < -0.39 is 27.5 Å². The van der Waals surface area contributed by atoms with Crippen molar-refractivity contribution in [3.8, 4) is 5.75 Å². The first-order valence-electron chi connectivity index (χ1n) is 6.64. The van der Waals surface area contributed by atoms with E-state index in [4.69, 9.17) is 16.3 Å². The Hall–Kier alpha value is -1.31. The Morgan fingerprint density at radius 1 is 1.32 bits per heavy atom. The van der Waals surface area contributed by atoms with Crippen LogP contribution >= 0.6 is 11.6 Å². The summed E-state index contributed by atoms with van der Waals surface area (Å²) >= 11 is 5.84. The first-order chi connectivity index (χ1) is 9.96. The maximum Gasteiger partial charge on any atom is 0.245 e. The molecule has 0 aromatic heterocycles. The summed E-state index contributed by atoms with van der Waals surface area (Å²) in [6.45, 7) is 6.90. The van der Waals surface area contributed by atoms with E-state index in [1.807, 2.05) is 20.8 Å². The third-order valence-electron chi connectivity index (χ3n) is 2.64. The van der Waals surface area contributed by atoms with Crippen LogP contribution in [0.3, 0.4) is 0 Å². The van der Waals surface area contributed by atoms with E-state index in [0.717, 1.165) is 0 Å². The van der Waals surface area contributed by atoms with Crippen molar-refractivity contribution in [3.05, 3.63) is 23.2 Å². The van der Waals surface area contributed by atoms with Gasteiger partial charge in [0.2, 0.25) is 15.9 Å². The molecule has 8 heteroatoms. The molecular formula is C14H21ClN2O4S. The second-order valence-corrected chi connectivity index (χ2v) is 8.00. The minimum atomic E-state index is -3.95. The van der Waals surface area contributed by atoms with Crippen LogP contribution in [0.2, 0.25) is 5.02 Å². The summed E-state index contributed by atoms with van der Waals surface area (Å²) in [4.78, 5) is 11.9. The molecule has 1 atom stereocenters. The second-order valence-electron chi connectivity index (χ2n) is 5.88. The second kappa shape index (κ2) is 6.85. The Labute approximate surface area is 136 Å². The van der Waals surface area contributed by atoms with Gasteiger partial charge in [-0.25, -0.2) is 8.42 Å². The van der Waals surface area contributed by atoms with Crippen LogP contribution in [-0.4, -0.2) is 33.0 Å². The number of halogens is 1. The molecule has 1 rings (SSSR count). The number of hydrogen-bond donors (Lipinski definition) is 2. The number of amides is 1. The fourth-order valence-corrected chi connectivity index (χ4v) is 3.32. The van der Waals surface area contributed by atoms with Gasteiger partial charge in [-0.05, 0) is 45.9 Å². The minimum Gasteiger partial charge on any atom is -0.495 e. The van der Waals surface area contributed by atoms with E-state index in [2.05, 4.69) is 10.0 Å². The number of rotatable bonds is 5. The van der Waals surface area contributed by atoms with Crippen LogP contribution in [0.15, 0.2) is 23.1 Å². The van der Waals surface area contributed by atoms with E-state index in [1.54, 1.807) is 0 Å². The SMILES string of the molecule is COc1ccc(Cl)cc1S(=O)(=O)N[C@@H](C)C(=O)NC(C)(C)C. The molecule has 0 radical (unpaired) electrons. The molecule has 0 saturated heterocycles. The lowest BCUT2D eigenvalue weighted by atomic mass is 10.1. The number of carbonyl (C=O) groups excluding carboxylic acids is 1. The molecule has 0 unspecified atom stereocenters. The fraction of sp³-hybridized carbons (Fsp3) is 0.500. The molecule has 1 amide bonds. The predicted octanol–water partition coefficient (Wildman–Crippen LogP) is 1.93. The molecule has 0 fully saturated rings. The quantitative estimate of drug-likeness (QED) is 0.851. The maximum absolute atomic E-state index is 12.4. The Morgan fingerprint density at radius 2 is 1.91 bits per heavy atom. The average molecular weight is 349 g/mol. The first-order valence-corrected chi connectivity index (χ1v) is 8.50. The van der Waals surface area contributed by atoms with Crippen LogP contribution in [0.5, 0.6) is 5.75 Å². The van der Waals surface area contributed by atoms with Gasteiger partial charge in [-0.3, -0.25) is 4.79 Å². The summed E-state index contributed by atoms with van der Waals surface area (Å²) in [6.07, 6.45) is 0. The number of hydrogen-bond acceptors (Lipinski definition) is 4. The molecule has 1 aromatic carbocycles. The molecule has 1 aromatic rings. The van der Waals surface area contributed by atoms with Gasteiger partial charge in [-0.15, -0.1) is 0 Å². The molecule has 0 spiro atoms. The first kappa shape index (κ1) is 18.7. The Bertz CT molecular complexity index is 653. The highest BCUT2D eigenvalue weighted by molar-refractivity contribution is 7.89. The van der Waals surface area contributed by atoms with Gasteiger partial charge in [0.1, 0.15) is 10.6 Å². The summed E-state index contributed by atoms with van der Waals surface area (Å²) < 4.78 is 32.2. The zero-order chi connectivity index (χ0) is 17.1. The molecule has 22 heavy (non-hydrogen) atoms. The van der Waals surface area contributed by atoms with Crippen LogP contribution in [0, 0.1) is 0 Å². The Balaban J connectivity index is 3.01. The van der Waals surface area contributed by atoms with E-state index in [-0.39, 0.29) is 15.7 Å². The van der Waals surface area contributed by atoms with Gasteiger partial charge >= 0.3 is 0 Å². The minimum absolute atomic E-state index is 0.113. The number of carbonyl (C=O) groups is 1.